The van der Waals surface area contributed by atoms with Crippen molar-refractivity contribution in [3.05, 3.63) is 53.6 Å². The molecule has 1 heterocycles. The predicted octanol–water partition coefficient (Wildman–Crippen LogP) is 4.65. The molecule has 1 saturated heterocycles. The van der Waals surface area contributed by atoms with Crippen molar-refractivity contribution in [2.45, 2.75) is 39.5 Å². The first-order valence-corrected chi connectivity index (χ1v) is 12.6. The molecule has 2 aromatic rings. The molecule has 1 aliphatic heterocycles. The number of hydrogen-bond donors (Lipinski definition) is 3. The van der Waals surface area contributed by atoms with E-state index < -0.39 is 12.0 Å². The molecule has 0 saturated carbocycles. The van der Waals surface area contributed by atoms with Gasteiger partial charge in [0.2, 0.25) is 0 Å². The molecule has 1 fully saturated rings. The second-order valence-electron chi connectivity index (χ2n) is 8.46. The summed E-state index contributed by atoms with van der Waals surface area (Å²) >= 11 is 0. The van der Waals surface area contributed by atoms with Gasteiger partial charge in [0, 0.05) is 49.9 Å². The molecule has 3 amide bonds. The lowest BCUT2D eigenvalue weighted by atomic mass is 10.1. The van der Waals surface area contributed by atoms with Gasteiger partial charge in [0.15, 0.2) is 0 Å². The zero-order valence-electron chi connectivity index (χ0n) is 21.1. The largest absolute Gasteiger partial charge is 0.462 e. The molecule has 3 N–H and O–H groups in total. The quantitative estimate of drug-likeness (QED) is 0.309. The number of rotatable bonds is 11. The minimum Gasteiger partial charge on any atom is -0.462 e. The lowest BCUT2D eigenvalue weighted by Crippen LogP contribution is -2.33. The number of urea groups is 1. The van der Waals surface area contributed by atoms with Crippen LogP contribution in [-0.4, -0.2) is 57.4 Å². The summed E-state index contributed by atoms with van der Waals surface area (Å²) in [5.41, 5.74) is 2.85. The molecule has 0 bridgehead atoms. The van der Waals surface area contributed by atoms with Gasteiger partial charge in [-0.2, -0.15) is 0 Å². The van der Waals surface area contributed by atoms with E-state index in [-0.39, 0.29) is 5.91 Å². The second-order valence-corrected chi connectivity index (χ2v) is 8.46. The van der Waals surface area contributed by atoms with Gasteiger partial charge in [-0.3, -0.25) is 4.79 Å². The predicted molar refractivity (Wildman–Crippen MR) is 141 cm³/mol. The van der Waals surface area contributed by atoms with Crippen molar-refractivity contribution in [3.8, 4) is 0 Å². The van der Waals surface area contributed by atoms with Gasteiger partial charge >= 0.3 is 12.0 Å². The van der Waals surface area contributed by atoms with Crippen LogP contribution in [0.1, 0.15) is 60.2 Å². The Balaban J connectivity index is 1.67. The van der Waals surface area contributed by atoms with Crippen molar-refractivity contribution in [3.63, 3.8) is 0 Å². The molecular weight excluding hydrogens is 460 g/mol. The first-order chi connectivity index (χ1) is 17.5. The molecule has 9 nitrogen and oxygen atoms in total. The lowest BCUT2D eigenvalue weighted by molar-refractivity contribution is 0.0526. The Morgan fingerprint density at radius 1 is 0.889 bits per heavy atom. The summed E-state index contributed by atoms with van der Waals surface area (Å²) in [6.07, 6.45) is 4.10. The molecule has 2 aromatic carbocycles. The molecule has 0 spiro atoms. The average Bonchev–Trinajstić information content (AvgIpc) is 2.89. The number of hydrogen-bond acceptors (Lipinski definition) is 6. The average molecular weight is 497 g/mol. The van der Waals surface area contributed by atoms with E-state index in [0.717, 1.165) is 38.0 Å². The molecule has 36 heavy (non-hydrogen) atoms. The first-order valence-electron chi connectivity index (χ1n) is 12.6. The fraction of sp³-hybridized carbons (Fsp3) is 0.444. The number of carbonyl (C=O) groups excluding carboxylic acids is 3. The maximum Gasteiger partial charge on any atom is 0.338 e. The van der Waals surface area contributed by atoms with Crippen molar-refractivity contribution in [1.82, 2.24) is 5.32 Å². The van der Waals surface area contributed by atoms with Crippen LogP contribution in [0.5, 0.6) is 0 Å². The highest BCUT2D eigenvalue weighted by Gasteiger charge is 2.20. The van der Waals surface area contributed by atoms with Gasteiger partial charge < -0.3 is 30.3 Å². The lowest BCUT2D eigenvalue weighted by Gasteiger charge is -2.30. The minimum absolute atomic E-state index is 0.175. The highest BCUT2D eigenvalue weighted by molar-refractivity contribution is 6.04. The van der Waals surface area contributed by atoms with Gasteiger partial charge in [0.25, 0.3) is 5.91 Å². The van der Waals surface area contributed by atoms with Crippen LogP contribution in [0.3, 0.4) is 0 Å². The van der Waals surface area contributed by atoms with Crippen LogP contribution >= 0.6 is 0 Å². The van der Waals surface area contributed by atoms with E-state index in [4.69, 9.17) is 9.47 Å². The number of nitrogens with one attached hydrogen (secondary N) is 3. The fourth-order valence-corrected chi connectivity index (χ4v) is 4.02. The molecule has 9 heteroatoms. The maximum atomic E-state index is 13.1. The zero-order valence-corrected chi connectivity index (χ0v) is 21.1. The first kappa shape index (κ1) is 27.0. The smallest absolute Gasteiger partial charge is 0.338 e. The third-order valence-electron chi connectivity index (χ3n) is 5.80. The number of anilines is 3. The Morgan fingerprint density at radius 2 is 1.58 bits per heavy atom. The summed E-state index contributed by atoms with van der Waals surface area (Å²) in [5, 5.41) is 8.51. The standard InChI is InChI=1S/C27H36N4O5/c1-3-35-18-8-15-28-25(32)23-19-22(13-14-24(23)31-16-6-5-7-17-31)30-27(34)29-21-11-9-20(10-12-21)26(33)36-4-2/h9-14,19H,3-8,15-18H2,1-2H3,(H,28,32)(H2,29,30,34). The van der Waals surface area contributed by atoms with Crippen LogP contribution in [0.25, 0.3) is 0 Å². The van der Waals surface area contributed by atoms with Crippen LogP contribution < -0.4 is 20.9 Å². The van der Waals surface area contributed by atoms with Crippen molar-refractivity contribution in [1.29, 1.82) is 0 Å². The maximum absolute atomic E-state index is 13.1. The summed E-state index contributed by atoms with van der Waals surface area (Å²) < 4.78 is 10.3. The number of nitrogens with zero attached hydrogens (tertiary/aromatic N) is 1. The third kappa shape index (κ3) is 7.98. The molecule has 0 aliphatic carbocycles. The molecule has 0 atom stereocenters. The van der Waals surface area contributed by atoms with Crippen LogP contribution in [0, 0.1) is 0 Å². The summed E-state index contributed by atoms with van der Waals surface area (Å²) in [6.45, 7) is 7.55. The van der Waals surface area contributed by atoms with E-state index in [9.17, 15) is 14.4 Å². The Hall–Kier alpha value is -3.59. The zero-order chi connectivity index (χ0) is 25.8. The van der Waals surface area contributed by atoms with E-state index >= 15 is 0 Å². The molecule has 0 unspecified atom stereocenters. The third-order valence-corrected chi connectivity index (χ3v) is 5.80. The van der Waals surface area contributed by atoms with E-state index in [1.54, 1.807) is 43.3 Å². The number of piperidine rings is 1. The Bertz CT molecular complexity index is 1020. The Kier molecular flexibility index (Phi) is 10.6. The highest BCUT2D eigenvalue weighted by Crippen LogP contribution is 2.27. The molecule has 194 valence electrons. The Morgan fingerprint density at radius 3 is 2.28 bits per heavy atom. The number of ether oxygens (including phenoxy) is 2. The van der Waals surface area contributed by atoms with E-state index in [0.29, 0.717) is 48.9 Å². The molecule has 3 rings (SSSR count). The van der Waals surface area contributed by atoms with Gasteiger partial charge in [0.1, 0.15) is 0 Å². The topological polar surface area (TPSA) is 109 Å². The van der Waals surface area contributed by atoms with Gasteiger partial charge in [-0.25, -0.2) is 9.59 Å². The highest BCUT2D eigenvalue weighted by atomic mass is 16.5. The van der Waals surface area contributed by atoms with E-state index in [2.05, 4.69) is 20.9 Å². The minimum atomic E-state index is -0.451. The van der Waals surface area contributed by atoms with E-state index in [1.165, 1.54) is 6.42 Å². The second kappa shape index (κ2) is 14.1. The SMILES string of the molecule is CCOCCCNC(=O)c1cc(NC(=O)Nc2ccc(C(=O)OCC)cc2)ccc1N1CCCCC1. The molecule has 1 aliphatic rings. The van der Waals surface area contributed by atoms with Gasteiger partial charge in [-0.15, -0.1) is 0 Å². The monoisotopic (exact) mass is 496 g/mol. The number of benzene rings is 2. The molecule has 0 aromatic heterocycles. The summed E-state index contributed by atoms with van der Waals surface area (Å²) in [4.78, 5) is 39.7. The number of esters is 1. The van der Waals surface area contributed by atoms with Crippen molar-refractivity contribution in [2.24, 2.45) is 0 Å². The Labute approximate surface area is 212 Å². The van der Waals surface area contributed by atoms with Crippen molar-refractivity contribution < 1.29 is 23.9 Å². The van der Waals surface area contributed by atoms with Crippen LogP contribution in [0.15, 0.2) is 42.5 Å². The van der Waals surface area contributed by atoms with Gasteiger partial charge in [0.05, 0.1) is 17.7 Å². The van der Waals surface area contributed by atoms with E-state index in [1.807, 2.05) is 13.0 Å². The van der Waals surface area contributed by atoms with Crippen LogP contribution in [0.4, 0.5) is 21.9 Å². The molecule has 0 radical (unpaired) electrons. The summed E-state index contributed by atoms with van der Waals surface area (Å²) in [7, 11) is 0. The summed E-state index contributed by atoms with van der Waals surface area (Å²) in [5.74, 6) is -0.586. The van der Waals surface area contributed by atoms with Crippen LogP contribution in [-0.2, 0) is 9.47 Å². The molecular formula is C27H36N4O5. The fourth-order valence-electron chi connectivity index (χ4n) is 4.02. The summed E-state index contributed by atoms with van der Waals surface area (Å²) in [6, 6.07) is 11.4. The van der Waals surface area contributed by atoms with Crippen molar-refractivity contribution in [2.75, 3.05) is 55.0 Å². The van der Waals surface area contributed by atoms with Gasteiger partial charge in [-0.1, -0.05) is 0 Å². The number of carbonyl (C=O) groups is 3. The van der Waals surface area contributed by atoms with Crippen molar-refractivity contribution >= 4 is 35.0 Å². The van der Waals surface area contributed by atoms with Crippen LogP contribution in [0.2, 0.25) is 0 Å². The normalized spacial score (nSPS) is 13.1. The number of amides is 3. The van der Waals surface area contributed by atoms with Gasteiger partial charge in [-0.05, 0) is 82.0 Å².